The Balaban J connectivity index is 2.16. The fraction of sp³-hybridized carbons (Fsp3) is 0.591. The van der Waals surface area contributed by atoms with Gasteiger partial charge in [-0.25, -0.2) is 4.98 Å². The Morgan fingerprint density at radius 3 is 1.78 bits per heavy atom. The van der Waals surface area contributed by atoms with Gasteiger partial charge in [-0.15, -0.1) is 0 Å². The van der Waals surface area contributed by atoms with Crippen molar-refractivity contribution in [2.45, 2.75) is 135 Å². The molecular formula is C44H70N12O10S. The zero-order valence-electron chi connectivity index (χ0n) is 39.1. The molecule has 8 amide bonds. The number of unbranched alkanes of at least 4 members (excludes halogenated alkanes) is 1. The highest BCUT2D eigenvalue weighted by molar-refractivity contribution is 7.80. The summed E-state index contributed by atoms with van der Waals surface area (Å²) in [4.78, 5) is 125. The maximum Gasteiger partial charge on any atom is 0.325 e. The second-order valence-electron chi connectivity index (χ2n) is 17.2. The fourth-order valence-corrected chi connectivity index (χ4v) is 6.83. The van der Waals surface area contributed by atoms with Gasteiger partial charge >= 0.3 is 5.97 Å². The maximum absolute atomic E-state index is 13.8. The summed E-state index contributed by atoms with van der Waals surface area (Å²) in [6, 6.07) is -0.627. The number of nitrogens with two attached hydrogens (primary N) is 2. The number of carbonyl (C=O) groups is 9. The molecule has 1 aromatic heterocycles. The molecule has 1 aromatic carbocycles. The largest absolute Gasteiger partial charge is 0.480 e. The van der Waals surface area contributed by atoms with Crippen LogP contribution in [0.4, 0.5) is 0 Å². The first-order valence-corrected chi connectivity index (χ1v) is 23.0. The molecule has 14 N–H and O–H groups in total. The van der Waals surface area contributed by atoms with Crippen molar-refractivity contribution in [3.63, 3.8) is 0 Å². The first-order valence-electron chi connectivity index (χ1n) is 22.3. The number of aromatic amines is 1. The predicted molar refractivity (Wildman–Crippen MR) is 252 cm³/mol. The lowest BCUT2D eigenvalue weighted by Gasteiger charge is -2.25. The number of amides is 8. The first-order chi connectivity index (χ1) is 31.6. The number of H-pyrrole nitrogens is 1. The van der Waals surface area contributed by atoms with E-state index in [0.717, 1.165) is 0 Å². The number of carbonyl (C=O) groups excluding carboxylic acids is 8. The molecule has 0 aliphatic rings. The number of benzene rings is 1. The van der Waals surface area contributed by atoms with Crippen LogP contribution in [-0.2, 0) is 56.0 Å². The number of hydrogen-bond acceptors (Lipinski definition) is 13. The van der Waals surface area contributed by atoms with Gasteiger partial charge in [-0.05, 0) is 69.9 Å². The Hall–Kier alpha value is -6.07. The van der Waals surface area contributed by atoms with E-state index in [-0.39, 0.29) is 43.3 Å². The molecule has 8 atom stereocenters. The van der Waals surface area contributed by atoms with Crippen LogP contribution in [0, 0.1) is 11.8 Å². The van der Waals surface area contributed by atoms with E-state index < -0.39 is 108 Å². The third kappa shape index (κ3) is 21.4. The highest BCUT2D eigenvalue weighted by Gasteiger charge is 2.32. The molecule has 372 valence electrons. The molecule has 0 saturated heterocycles. The van der Waals surface area contributed by atoms with Gasteiger partial charge in [0.2, 0.25) is 47.3 Å². The van der Waals surface area contributed by atoms with Crippen LogP contribution >= 0.6 is 12.6 Å². The molecule has 23 heteroatoms. The van der Waals surface area contributed by atoms with Crippen molar-refractivity contribution in [3.05, 3.63) is 54.1 Å². The van der Waals surface area contributed by atoms with E-state index in [1.54, 1.807) is 30.3 Å². The average Bonchev–Trinajstić information content (AvgIpc) is 3.79. The number of imidazole rings is 1. The minimum Gasteiger partial charge on any atom is -0.480 e. The topological polar surface area (TPSA) is 351 Å². The molecule has 2 rings (SSSR count). The Kier molecular flexibility index (Phi) is 25.2. The molecule has 0 spiro atoms. The Morgan fingerprint density at radius 2 is 1.19 bits per heavy atom. The quantitative estimate of drug-likeness (QED) is 0.0308. The second-order valence-corrected chi connectivity index (χ2v) is 17.5. The van der Waals surface area contributed by atoms with Gasteiger partial charge in [-0.3, -0.25) is 43.2 Å². The summed E-state index contributed by atoms with van der Waals surface area (Å²) < 4.78 is 0. The summed E-state index contributed by atoms with van der Waals surface area (Å²) in [5.74, 6) is -7.17. The van der Waals surface area contributed by atoms with Crippen molar-refractivity contribution in [1.29, 1.82) is 0 Å². The fourth-order valence-electron chi connectivity index (χ4n) is 6.57. The monoisotopic (exact) mass is 959 g/mol. The molecule has 67 heavy (non-hydrogen) atoms. The van der Waals surface area contributed by atoms with E-state index in [9.17, 15) is 48.3 Å². The van der Waals surface area contributed by atoms with Crippen LogP contribution in [-0.4, -0.2) is 135 Å². The summed E-state index contributed by atoms with van der Waals surface area (Å²) in [7, 11) is 0. The smallest absolute Gasteiger partial charge is 0.325 e. The average molecular weight is 959 g/mol. The van der Waals surface area contributed by atoms with Crippen LogP contribution in [0.25, 0.3) is 0 Å². The van der Waals surface area contributed by atoms with Crippen LogP contribution in [0.15, 0.2) is 42.9 Å². The molecule has 0 aliphatic carbocycles. The summed E-state index contributed by atoms with van der Waals surface area (Å²) >= 11 is 4.24. The van der Waals surface area contributed by atoms with Crippen LogP contribution < -0.4 is 54.0 Å². The van der Waals surface area contributed by atoms with Crippen LogP contribution in [0.2, 0.25) is 0 Å². The van der Waals surface area contributed by atoms with Gasteiger partial charge in [-0.2, -0.15) is 12.6 Å². The Morgan fingerprint density at radius 1 is 0.642 bits per heavy atom. The predicted octanol–water partition coefficient (Wildman–Crippen LogP) is -1.69. The van der Waals surface area contributed by atoms with Crippen molar-refractivity contribution < 1.29 is 48.3 Å². The molecule has 0 unspecified atom stereocenters. The molecule has 0 aliphatic heterocycles. The summed E-state index contributed by atoms with van der Waals surface area (Å²) in [5.41, 5.74) is 12.8. The minimum absolute atomic E-state index is 0.00349. The molecule has 2 aromatic rings. The summed E-state index contributed by atoms with van der Waals surface area (Å²) in [6.07, 6.45) is 4.39. The maximum atomic E-state index is 13.8. The van der Waals surface area contributed by atoms with Gasteiger partial charge in [0, 0.05) is 30.5 Å². The number of aromatic nitrogens is 2. The molecule has 0 radical (unpaired) electrons. The van der Waals surface area contributed by atoms with Gasteiger partial charge in [0.25, 0.3) is 0 Å². The summed E-state index contributed by atoms with van der Waals surface area (Å²) in [6.45, 7) is 9.95. The summed E-state index contributed by atoms with van der Waals surface area (Å²) in [5, 5.41) is 29.7. The number of nitrogens with one attached hydrogen (secondary N) is 9. The van der Waals surface area contributed by atoms with Crippen LogP contribution in [0.3, 0.4) is 0 Å². The minimum atomic E-state index is -1.34. The zero-order valence-corrected chi connectivity index (χ0v) is 40.0. The second kappa shape index (κ2) is 29.5. The Bertz CT molecular complexity index is 1940. The van der Waals surface area contributed by atoms with E-state index in [2.05, 4.69) is 65.1 Å². The van der Waals surface area contributed by atoms with Crippen LogP contribution in [0.1, 0.15) is 84.9 Å². The van der Waals surface area contributed by atoms with Gasteiger partial charge in [-0.1, -0.05) is 58.0 Å². The molecule has 1 heterocycles. The number of nitrogens with zero attached hydrogens (tertiary/aromatic N) is 1. The lowest BCUT2D eigenvalue weighted by Crippen LogP contribution is -2.59. The zero-order chi connectivity index (χ0) is 50.2. The number of aliphatic carboxylic acids is 1. The Labute approximate surface area is 396 Å². The van der Waals surface area contributed by atoms with Crippen molar-refractivity contribution in [1.82, 2.24) is 52.5 Å². The third-order valence-corrected chi connectivity index (χ3v) is 10.6. The van der Waals surface area contributed by atoms with E-state index in [1.807, 2.05) is 27.7 Å². The molecular weight excluding hydrogens is 889 g/mol. The number of rotatable bonds is 30. The molecule has 22 nitrogen and oxygen atoms in total. The van der Waals surface area contributed by atoms with Crippen molar-refractivity contribution in [2.24, 2.45) is 23.3 Å². The molecule has 0 saturated carbocycles. The molecule has 0 fully saturated rings. The van der Waals surface area contributed by atoms with Crippen molar-refractivity contribution in [3.8, 4) is 0 Å². The number of thiol groups is 1. The van der Waals surface area contributed by atoms with Crippen molar-refractivity contribution in [2.75, 3.05) is 18.8 Å². The normalized spacial score (nSPS) is 14.7. The van der Waals surface area contributed by atoms with Gasteiger partial charge < -0.3 is 64.1 Å². The SMILES string of the molecule is CC(C)C[C@H](NC(=O)[C@@H](N)CC(C)C)C(=O)N[C@@H](C)C(=O)N[C@@H](CCCCN)C(=O)NCC(=O)N[C@@H](Cc1cnc[nH]1)C(=O)N[C@@H](CS)C(=O)N[C@@H](Cc1ccccc1)C(=O)N[C@@H](C)C(=O)O. The first kappa shape index (κ1) is 57.1. The highest BCUT2D eigenvalue weighted by Crippen LogP contribution is 2.10. The van der Waals surface area contributed by atoms with Gasteiger partial charge in [0.1, 0.15) is 42.3 Å². The lowest BCUT2D eigenvalue weighted by atomic mass is 10.0. The standard InChI is InChI=1S/C44H70N12O10S/c1-24(2)16-30(46)38(59)54-32(17-25(3)4)40(61)50-26(5)37(58)53-31(14-10-11-15-45)39(60)48-21-36(57)52-34(19-29-20-47-23-49-29)42(63)56-35(22-67)43(64)55-33(18-28-12-8-7-9-13-28)41(62)51-27(6)44(65)66/h7-9,12-13,20,23-27,30-35,67H,10-11,14-19,21-22,45-46H2,1-6H3,(H,47,49)(H,48,60)(H,50,61)(H,51,62)(H,52,57)(H,53,58)(H,54,59)(H,55,64)(H,56,63)(H,65,66)/t26-,27-,30-,31-,32-,33-,34-,35-/m0/s1. The van der Waals surface area contributed by atoms with Gasteiger partial charge in [0.05, 0.1) is 18.9 Å². The molecule has 0 bridgehead atoms. The van der Waals surface area contributed by atoms with E-state index in [4.69, 9.17) is 11.5 Å². The number of carboxylic acids is 1. The van der Waals surface area contributed by atoms with E-state index in [1.165, 1.54) is 26.4 Å². The highest BCUT2D eigenvalue weighted by atomic mass is 32.1. The third-order valence-electron chi connectivity index (χ3n) is 10.2. The lowest BCUT2D eigenvalue weighted by molar-refractivity contribution is -0.141. The van der Waals surface area contributed by atoms with Crippen molar-refractivity contribution >= 4 is 65.9 Å². The number of hydrogen-bond donors (Lipinski definition) is 13. The number of carboxylic acid groups (broad SMARTS) is 1. The van der Waals surface area contributed by atoms with Gasteiger partial charge in [0.15, 0.2) is 0 Å². The van der Waals surface area contributed by atoms with E-state index in [0.29, 0.717) is 37.1 Å². The van der Waals surface area contributed by atoms with E-state index >= 15 is 0 Å². The van der Waals surface area contributed by atoms with Crippen LogP contribution in [0.5, 0.6) is 0 Å².